The maximum atomic E-state index is 12.8. The Balaban J connectivity index is 1.09. The summed E-state index contributed by atoms with van der Waals surface area (Å²) >= 11 is 0. The van der Waals surface area contributed by atoms with Crippen LogP contribution in [0.3, 0.4) is 0 Å². The molecular weight excluding hydrogens is 436 g/mol. The summed E-state index contributed by atoms with van der Waals surface area (Å²) in [4.78, 5) is 41.3. The number of hydrogen-bond donors (Lipinski definition) is 2. The highest BCUT2D eigenvalue weighted by molar-refractivity contribution is 6.05. The Morgan fingerprint density at radius 2 is 1.74 bits per heavy atom. The third-order valence-corrected chi connectivity index (χ3v) is 6.48. The molecule has 0 unspecified atom stereocenters. The van der Waals surface area contributed by atoms with Crippen LogP contribution in [0, 0.1) is 0 Å². The van der Waals surface area contributed by atoms with Crippen LogP contribution in [0.15, 0.2) is 48.5 Å². The summed E-state index contributed by atoms with van der Waals surface area (Å²) in [6, 6.07) is 14.4. The second kappa shape index (κ2) is 9.72. The summed E-state index contributed by atoms with van der Waals surface area (Å²) in [7, 11) is 0. The number of amides is 4. The molecule has 2 aromatic carbocycles. The number of urea groups is 1. The second-order valence-electron chi connectivity index (χ2n) is 8.92. The highest BCUT2D eigenvalue weighted by atomic mass is 16.7. The SMILES string of the molecule is O=C(C[C@@H]1NC(=O)N(Cc2ccc3c(c2)OCO3)C1=O)NC1CCN(Cc2ccccc2)CC1. The molecule has 5 rings (SSSR count). The third-order valence-electron chi connectivity index (χ3n) is 6.48. The van der Waals surface area contributed by atoms with Gasteiger partial charge in [0, 0.05) is 25.7 Å². The van der Waals surface area contributed by atoms with Gasteiger partial charge in [-0.25, -0.2) is 4.79 Å². The van der Waals surface area contributed by atoms with Gasteiger partial charge < -0.3 is 20.1 Å². The first-order valence-electron chi connectivity index (χ1n) is 11.6. The van der Waals surface area contributed by atoms with Gasteiger partial charge in [-0.3, -0.25) is 19.4 Å². The molecule has 178 valence electrons. The van der Waals surface area contributed by atoms with E-state index in [9.17, 15) is 14.4 Å². The van der Waals surface area contributed by atoms with Crippen molar-refractivity contribution in [2.75, 3.05) is 19.9 Å². The second-order valence-corrected chi connectivity index (χ2v) is 8.92. The van der Waals surface area contributed by atoms with E-state index < -0.39 is 18.0 Å². The number of piperidine rings is 1. The molecule has 0 bridgehead atoms. The summed E-state index contributed by atoms with van der Waals surface area (Å²) in [5.74, 6) is 0.622. The number of likely N-dealkylation sites (tertiary alicyclic amines) is 1. The van der Waals surface area contributed by atoms with Gasteiger partial charge in [0.25, 0.3) is 5.91 Å². The fourth-order valence-electron chi connectivity index (χ4n) is 4.64. The number of hydrogen-bond acceptors (Lipinski definition) is 6. The molecule has 3 aliphatic rings. The Kier molecular flexibility index (Phi) is 6.35. The van der Waals surface area contributed by atoms with Crippen LogP contribution in [-0.4, -0.2) is 59.6 Å². The van der Waals surface area contributed by atoms with Gasteiger partial charge in [-0.1, -0.05) is 36.4 Å². The van der Waals surface area contributed by atoms with Crippen molar-refractivity contribution >= 4 is 17.8 Å². The van der Waals surface area contributed by atoms with E-state index in [0.29, 0.717) is 11.5 Å². The van der Waals surface area contributed by atoms with Gasteiger partial charge in [0.1, 0.15) is 6.04 Å². The molecule has 2 fully saturated rings. The number of carbonyl (C=O) groups is 3. The molecule has 2 N–H and O–H groups in total. The van der Waals surface area contributed by atoms with Crippen LogP contribution in [0.5, 0.6) is 11.5 Å². The number of imide groups is 1. The zero-order valence-corrected chi connectivity index (χ0v) is 18.9. The van der Waals surface area contributed by atoms with Crippen molar-refractivity contribution in [2.45, 2.75) is 44.4 Å². The summed E-state index contributed by atoms with van der Waals surface area (Å²) in [5.41, 5.74) is 2.03. The Morgan fingerprint density at radius 3 is 2.53 bits per heavy atom. The van der Waals surface area contributed by atoms with Crippen molar-refractivity contribution in [3.05, 3.63) is 59.7 Å². The Labute approximate surface area is 198 Å². The monoisotopic (exact) mass is 464 g/mol. The Morgan fingerprint density at radius 1 is 0.971 bits per heavy atom. The number of nitrogens with one attached hydrogen (secondary N) is 2. The molecule has 2 aromatic rings. The molecule has 0 radical (unpaired) electrons. The van der Waals surface area contributed by atoms with Crippen LogP contribution >= 0.6 is 0 Å². The first kappa shape index (κ1) is 22.2. The fraction of sp³-hybridized carbons (Fsp3) is 0.400. The van der Waals surface area contributed by atoms with Gasteiger partial charge in [0.05, 0.1) is 13.0 Å². The normalized spacial score (nSPS) is 20.5. The topological polar surface area (TPSA) is 100 Å². The molecule has 9 nitrogen and oxygen atoms in total. The minimum atomic E-state index is -0.848. The molecule has 0 saturated carbocycles. The van der Waals surface area contributed by atoms with Crippen molar-refractivity contribution in [1.29, 1.82) is 0 Å². The van der Waals surface area contributed by atoms with Gasteiger partial charge in [0.15, 0.2) is 11.5 Å². The van der Waals surface area contributed by atoms with Crippen molar-refractivity contribution in [3.8, 4) is 11.5 Å². The minimum Gasteiger partial charge on any atom is -0.454 e. The van der Waals surface area contributed by atoms with Crippen LogP contribution in [0.4, 0.5) is 4.79 Å². The van der Waals surface area contributed by atoms with Gasteiger partial charge in [-0.15, -0.1) is 0 Å². The number of ether oxygens (including phenoxy) is 2. The largest absolute Gasteiger partial charge is 0.454 e. The fourth-order valence-corrected chi connectivity index (χ4v) is 4.64. The predicted octanol–water partition coefficient (Wildman–Crippen LogP) is 2.01. The average Bonchev–Trinajstić information content (AvgIpc) is 3.41. The number of nitrogens with zero attached hydrogens (tertiary/aromatic N) is 2. The molecule has 0 spiro atoms. The van der Waals surface area contributed by atoms with E-state index in [-0.39, 0.29) is 31.7 Å². The molecule has 2 saturated heterocycles. The highest BCUT2D eigenvalue weighted by Crippen LogP contribution is 2.33. The zero-order valence-electron chi connectivity index (χ0n) is 18.9. The predicted molar refractivity (Wildman–Crippen MR) is 123 cm³/mol. The lowest BCUT2D eigenvalue weighted by Crippen LogP contribution is -2.46. The number of carbonyl (C=O) groups excluding carboxylic acids is 3. The molecule has 34 heavy (non-hydrogen) atoms. The maximum absolute atomic E-state index is 12.8. The van der Waals surface area contributed by atoms with Crippen molar-refractivity contribution in [3.63, 3.8) is 0 Å². The molecule has 3 aliphatic heterocycles. The smallest absolute Gasteiger partial charge is 0.325 e. The lowest BCUT2D eigenvalue weighted by molar-refractivity contribution is -0.131. The number of rotatable bonds is 7. The minimum absolute atomic E-state index is 0.0631. The number of fused-ring (bicyclic) bond motifs is 1. The summed E-state index contributed by atoms with van der Waals surface area (Å²) in [6.07, 6.45) is 1.66. The summed E-state index contributed by atoms with van der Waals surface area (Å²) in [6.45, 7) is 2.98. The van der Waals surface area contributed by atoms with E-state index in [1.54, 1.807) is 18.2 Å². The first-order valence-corrected chi connectivity index (χ1v) is 11.6. The first-order chi connectivity index (χ1) is 16.5. The van der Waals surface area contributed by atoms with E-state index in [4.69, 9.17) is 9.47 Å². The Bertz CT molecular complexity index is 1070. The van der Waals surface area contributed by atoms with Gasteiger partial charge in [-0.05, 0) is 36.1 Å². The lowest BCUT2D eigenvalue weighted by Gasteiger charge is -2.32. The average molecular weight is 465 g/mol. The standard InChI is InChI=1S/C25H28N4O5/c30-23(26-19-8-10-28(11-9-19)14-17-4-2-1-3-5-17)13-20-24(31)29(25(32)27-20)15-18-6-7-21-22(12-18)34-16-33-21/h1-7,12,19-20H,8-11,13-16H2,(H,26,30)(H,27,32)/t20-/m0/s1. The van der Waals surface area contributed by atoms with Crippen molar-refractivity contribution < 1.29 is 23.9 Å². The summed E-state index contributed by atoms with van der Waals surface area (Å²) in [5, 5.41) is 5.68. The lowest BCUT2D eigenvalue weighted by atomic mass is 10.0. The molecule has 1 atom stereocenters. The van der Waals surface area contributed by atoms with Crippen molar-refractivity contribution in [2.24, 2.45) is 0 Å². The molecule has 3 heterocycles. The van der Waals surface area contributed by atoms with Crippen LogP contribution < -0.4 is 20.1 Å². The van der Waals surface area contributed by atoms with Crippen LogP contribution in [0.1, 0.15) is 30.4 Å². The van der Waals surface area contributed by atoms with Crippen LogP contribution in [0.25, 0.3) is 0 Å². The molecule has 4 amide bonds. The van der Waals surface area contributed by atoms with Gasteiger partial charge in [-0.2, -0.15) is 0 Å². The molecule has 0 aromatic heterocycles. The maximum Gasteiger partial charge on any atom is 0.325 e. The molecule has 0 aliphatic carbocycles. The quantitative estimate of drug-likeness (QED) is 0.608. The van der Waals surface area contributed by atoms with E-state index in [1.807, 2.05) is 18.2 Å². The van der Waals surface area contributed by atoms with E-state index >= 15 is 0 Å². The Hall–Kier alpha value is -3.59. The van der Waals surface area contributed by atoms with Gasteiger partial charge >= 0.3 is 6.03 Å². The van der Waals surface area contributed by atoms with E-state index in [1.165, 1.54) is 5.56 Å². The van der Waals surface area contributed by atoms with E-state index in [0.717, 1.165) is 42.9 Å². The highest BCUT2D eigenvalue weighted by Gasteiger charge is 2.39. The number of benzene rings is 2. The molecule has 9 heteroatoms. The van der Waals surface area contributed by atoms with Crippen LogP contribution in [0.2, 0.25) is 0 Å². The van der Waals surface area contributed by atoms with Crippen LogP contribution in [-0.2, 0) is 22.7 Å². The third kappa shape index (κ3) is 4.99. The molecular formula is C25H28N4O5. The summed E-state index contributed by atoms with van der Waals surface area (Å²) < 4.78 is 10.6. The van der Waals surface area contributed by atoms with Crippen molar-refractivity contribution in [1.82, 2.24) is 20.4 Å². The van der Waals surface area contributed by atoms with Gasteiger partial charge in [0.2, 0.25) is 12.7 Å². The van der Waals surface area contributed by atoms with E-state index in [2.05, 4.69) is 27.7 Å². The zero-order chi connectivity index (χ0) is 23.5.